The summed E-state index contributed by atoms with van der Waals surface area (Å²) in [5.74, 6) is -1.15. The van der Waals surface area contributed by atoms with Gasteiger partial charge in [0.2, 0.25) is 0 Å². The predicted molar refractivity (Wildman–Crippen MR) is 92.1 cm³/mol. The van der Waals surface area contributed by atoms with Gasteiger partial charge in [-0.1, -0.05) is 23.7 Å². The van der Waals surface area contributed by atoms with Gasteiger partial charge in [0.1, 0.15) is 5.82 Å². The van der Waals surface area contributed by atoms with E-state index in [1.54, 1.807) is 0 Å². The summed E-state index contributed by atoms with van der Waals surface area (Å²) in [6, 6.07) is 8.07. The number of benzene rings is 2. The van der Waals surface area contributed by atoms with Crippen molar-refractivity contribution in [1.29, 1.82) is 0 Å². The Hall–Kier alpha value is -2.87. The van der Waals surface area contributed by atoms with E-state index in [-0.39, 0.29) is 17.1 Å². The molecule has 0 unspecified atom stereocenters. The molecule has 0 aliphatic heterocycles. The Kier molecular flexibility index (Phi) is 5.18. The Morgan fingerprint density at radius 1 is 1.19 bits per heavy atom. The Morgan fingerprint density at radius 2 is 1.96 bits per heavy atom. The van der Waals surface area contributed by atoms with Gasteiger partial charge in [0.15, 0.2) is 0 Å². The maximum atomic E-state index is 13.1. The molecule has 0 bridgehead atoms. The molecule has 3 aromatic rings. The number of nitrogens with zero attached hydrogens (tertiary/aromatic N) is 2. The summed E-state index contributed by atoms with van der Waals surface area (Å²) < 4.78 is 52.8. The summed E-state index contributed by atoms with van der Waals surface area (Å²) in [5, 5.41) is 6.77. The summed E-state index contributed by atoms with van der Waals surface area (Å²) in [7, 11) is 0. The quantitative estimate of drug-likeness (QED) is 0.630. The molecule has 140 valence electrons. The molecule has 0 aliphatic rings. The smallest absolute Gasteiger partial charge is 0.319 e. The third-order valence-corrected chi connectivity index (χ3v) is 4.04. The first-order valence-corrected chi connectivity index (χ1v) is 8.05. The van der Waals surface area contributed by atoms with Crippen molar-refractivity contribution < 1.29 is 22.4 Å². The summed E-state index contributed by atoms with van der Waals surface area (Å²) in [4.78, 5) is 12.2. The van der Waals surface area contributed by atoms with Crippen LogP contribution in [-0.2, 0) is 12.7 Å². The van der Waals surface area contributed by atoms with Crippen LogP contribution in [0.2, 0.25) is 5.02 Å². The van der Waals surface area contributed by atoms with Crippen molar-refractivity contribution >= 4 is 23.2 Å². The summed E-state index contributed by atoms with van der Waals surface area (Å²) in [5.41, 5.74) is -0.108. The van der Waals surface area contributed by atoms with Crippen molar-refractivity contribution in [3.63, 3.8) is 0 Å². The molecule has 0 spiro atoms. The van der Waals surface area contributed by atoms with Gasteiger partial charge in [-0.15, -0.1) is 0 Å². The molecule has 2 aromatic carbocycles. The normalized spacial score (nSPS) is 11.4. The van der Waals surface area contributed by atoms with Crippen LogP contribution in [0, 0.1) is 5.82 Å². The number of carbonyl (C=O) groups excluding carboxylic acids is 1. The van der Waals surface area contributed by atoms with Gasteiger partial charge in [0.05, 0.1) is 24.0 Å². The van der Waals surface area contributed by atoms with Crippen LogP contribution >= 0.6 is 11.6 Å². The summed E-state index contributed by atoms with van der Waals surface area (Å²) in [6.07, 6.45) is -1.69. The van der Waals surface area contributed by atoms with Gasteiger partial charge in [-0.3, -0.25) is 9.48 Å². The topological polar surface area (TPSA) is 46.9 Å². The average molecular weight is 398 g/mol. The number of alkyl halides is 3. The first kappa shape index (κ1) is 18.9. The molecular weight excluding hydrogens is 386 g/mol. The molecule has 1 N–H and O–H groups in total. The van der Waals surface area contributed by atoms with E-state index < -0.39 is 23.5 Å². The number of halogens is 5. The molecule has 0 aliphatic carbocycles. The highest BCUT2D eigenvalue weighted by molar-refractivity contribution is 6.31. The SMILES string of the molecule is O=C(Nc1cnn(Cc2ccc(F)cc2Cl)c1)c1cccc(C(F)(F)F)c1. The van der Waals surface area contributed by atoms with Crippen LogP contribution in [0.15, 0.2) is 54.9 Å². The first-order valence-electron chi connectivity index (χ1n) is 7.67. The van der Waals surface area contributed by atoms with E-state index in [0.29, 0.717) is 11.3 Å². The lowest BCUT2D eigenvalue weighted by molar-refractivity contribution is -0.137. The Balaban J connectivity index is 1.71. The summed E-state index contributed by atoms with van der Waals surface area (Å²) >= 11 is 5.96. The molecule has 4 nitrogen and oxygen atoms in total. The van der Waals surface area contributed by atoms with Crippen LogP contribution in [-0.4, -0.2) is 15.7 Å². The lowest BCUT2D eigenvalue weighted by atomic mass is 10.1. The van der Waals surface area contributed by atoms with Gasteiger partial charge >= 0.3 is 6.18 Å². The molecule has 3 rings (SSSR count). The molecule has 27 heavy (non-hydrogen) atoms. The molecule has 9 heteroatoms. The lowest BCUT2D eigenvalue weighted by Crippen LogP contribution is -2.13. The summed E-state index contributed by atoms with van der Waals surface area (Å²) in [6.45, 7) is 0.235. The fourth-order valence-electron chi connectivity index (χ4n) is 2.38. The zero-order chi connectivity index (χ0) is 19.6. The van der Waals surface area contributed by atoms with Crippen LogP contribution in [0.3, 0.4) is 0 Å². The molecule has 0 radical (unpaired) electrons. The van der Waals surface area contributed by atoms with E-state index in [9.17, 15) is 22.4 Å². The minimum atomic E-state index is -4.53. The highest BCUT2D eigenvalue weighted by Gasteiger charge is 2.30. The minimum absolute atomic E-state index is 0.126. The molecule has 0 fully saturated rings. The number of hydrogen-bond donors (Lipinski definition) is 1. The molecule has 1 amide bonds. The van der Waals surface area contributed by atoms with E-state index in [2.05, 4.69) is 10.4 Å². The maximum absolute atomic E-state index is 13.1. The number of nitrogens with one attached hydrogen (secondary N) is 1. The Labute approximate surface area is 156 Å². The largest absolute Gasteiger partial charge is 0.416 e. The molecular formula is C18H12ClF4N3O. The van der Waals surface area contributed by atoms with E-state index in [0.717, 1.165) is 18.2 Å². The van der Waals surface area contributed by atoms with Gasteiger partial charge in [0, 0.05) is 16.8 Å². The van der Waals surface area contributed by atoms with Crippen LogP contribution < -0.4 is 5.32 Å². The molecule has 0 saturated heterocycles. The fourth-order valence-corrected chi connectivity index (χ4v) is 2.61. The highest BCUT2D eigenvalue weighted by Crippen LogP contribution is 2.29. The van der Waals surface area contributed by atoms with Crippen LogP contribution in [0.5, 0.6) is 0 Å². The molecule has 0 saturated carbocycles. The number of amides is 1. The molecule has 0 atom stereocenters. The molecule has 1 aromatic heterocycles. The van der Waals surface area contributed by atoms with Gasteiger partial charge in [-0.05, 0) is 35.9 Å². The second kappa shape index (κ2) is 7.40. The third-order valence-electron chi connectivity index (χ3n) is 3.69. The lowest BCUT2D eigenvalue weighted by Gasteiger charge is -2.08. The van der Waals surface area contributed by atoms with Crippen LogP contribution in [0.25, 0.3) is 0 Å². The second-order valence-corrected chi connectivity index (χ2v) is 6.10. The van der Waals surface area contributed by atoms with Gasteiger partial charge in [-0.2, -0.15) is 18.3 Å². The van der Waals surface area contributed by atoms with Crippen molar-refractivity contribution in [1.82, 2.24) is 9.78 Å². The monoisotopic (exact) mass is 397 g/mol. The van der Waals surface area contributed by atoms with E-state index in [1.165, 1.54) is 41.3 Å². The van der Waals surface area contributed by atoms with Crippen molar-refractivity contribution in [2.45, 2.75) is 12.7 Å². The van der Waals surface area contributed by atoms with E-state index in [4.69, 9.17) is 11.6 Å². The zero-order valence-electron chi connectivity index (χ0n) is 13.6. The van der Waals surface area contributed by atoms with Gasteiger partial charge < -0.3 is 5.32 Å². The van der Waals surface area contributed by atoms with Crippen molar-refractivity contribution in [3.05, 3.63) is 82.4 Å². The van der Waals surface area contributed by atoms with E-state index in [1.807, 2.05) is 0 Å². The number of aromatic nitrogens is 2. The number of rotatable bonds is 4. The van der Waals surface area contributed by atoms with Crippen LogP contribution in [0.1, 0.15) is 21.5 Å². The minimum Gasteiger partial charge on any atom is -0.319 e. The predicted octanol–water partition coefficient (Wildman–Crippen LogP) is 5.00. The van der Waals surface area contributed by atoms with Crippen molar-refractivity contribution in [2.24, 2.45) is 0 Å². The Morgan fingerprint density at radius 3 is 2.67 bits per heavy atom. The molecule has 1 heterocycles. The Bertz CT molecular complexity index is 985. The number of anilines is 1. The van der Waals surface area contributed by atoms with Crippen molar-refractivity contribution in [2.75, 3.05) is 5.32 Å². The fraction of sp³-hybridized carbons (Fsp3) is 0.111. The zero-order valence-corrected chi connectivity index (χ0v) is 14.4. The number of carbonyl (C=O) groups is 1. The van der Waals surface area contributed by atoms with E-state index >= 15 is 0 Å². The first-order chi connectivity index (χ1) is 12.7. The standard InChI is InChI=1S/C18H12ClF4N3O/c19-16-7-14(20)5-4-12(16)9-26-10-15(8-24-26)25-17(27)11-2-1-3-13(6-11)18(21,22)23/h1-8,10H,9H2,(H,25,27). The average Bonchev–Trinajstić information content (AvgIpc) is 3.04. The second-order valence-electron chi connectivity index (χ2n) is 5.70. The van der Waals surface area contributed by atoms with Gasteiger partial charge in [-0.25, -0.2) is 4.39 Å². The van der Waals surface area contributed by atoms with Gasteiger partial charge in [0.25, 0.3) is 5.91 Å². The third kappa shape index (κ3) is 4.65. The maximum Gasteiger partial charge on any atom is 0.416 e. The number of hydrogen-bond acceptors (Lipinski definition) is 2. The van der Waals surface area contributed by atoms with Crippen molar-refractivity contribution in [3.8, 4) is 0 Å². The van der Waals surface area contributed by atoms with Crippen LogP contribution in [0.4, 0.5) is 23.2 Å². The highest BCUT2D eigenvalue weighted by atomic mass is 35.5.